The maximum absolute atomic E-state index is 4.82. The van der Waals surface area contributed by atoms with Crippen LogP contribution in [0, 0.1) is 0 Å². The van der Waals surface area contributed by atoms with Crippen LogP contribution in [0.15, 0.2) is 35.8 Å². The fourth-order valence-corrected chi connectivity index (χ4v) is 3.55. The van der Waals surface area contributed by atoms with E-state index in [0.29, 0.717) is 6.04 Å². The topological polar surface area (TPSA) is 42.7 Å². The molecule has 1 atom stereocenters. The Hall–Kier alpha value is -1.72. The van der Waals surface area contributed by atoms with Crippen molar-refractivity contribution < 1.29 is 0 Å². The maximum Gasteiger partial charge on any atom is 0.160 e. The molecule has 0 amide bonds. The second-order valence-electron chi connectivity index (χ2n) is 5.13. The minimum absolute atomic E-state index is 0.365. The Bertz CT molecular complexity index is 711. The third kappa shape index (κ3) is 2.03. The van der Waals surface area contributed by atoms with Gasteiger partial charge >= 0.3 is 0 Å². The molecule has 1 N–H and O–H groups in total. The monoisotopic (exact) mass is 284 g/mol. The molecule has 0 spiro atoms. The molecule has 0 bridgehead atoms. The van der Waals surface area contributed by atoms with Crippen LogP contribution >= 0.6 is 11.3 Å². The van der Waals surface area contributed by atoms with Gasteiger partial charge in [-0.1, -0.05) is 6.07 Å². The van der Waals surface area contributed by atoms with Crippen LogP contribution in [0.25, 0.3) is 11.2 Å². The van der Waals surface area contributed by atoms with E-state index in [-0.39, 0.29) is 0 Å². The van der Waals surface area contributed by atoms with Gasteiger partial charge in [-0.3, -0.25) is 0 Å². The number of thiophene rings is 1. The van der Waals surface area contributed by atoms with Gasteiger partial charge in [0.1, 0.15) is 11.3 Å². The lowest BCUT2D eigenvalue weighted by molar-refractivity contribution is 0.571. The van der Waals surface area contributed by atoms with E-state index < -0.39 is 0 Å². The lowest BCUT2D eigenvalue weighted by Crippen LogP contribution is -2.18. The number of rotatable bonds is 3. The number of pyridine rings is 1. The van der Waals surface area contributed by atoms with Gasteiger partial charge in [-0.05, 0) is 43.0 Å². The van der Waals surface area contributed by atoms with Gasteiger partial charge in [0.2, 0.25) is 0 Å². The molecule has 1 unspecified atom stereocenters. The molecule has 0 aliphatic carbocycles. The average molecular weight is 284 g/mol. The van der Waals surface area contributed by atoms with Crippen LogP contribution in [0.4, 0.5) is 0 Å². The summed E-state index contributed by atoms with van der Waals surface area (Å²) in [6, 6.07) is 8.64. The molecule has 0 aromatic carbocycles. The SMILES string of the molecule is c1csc(Cn2c(C3CCCN3)nc3cccnc32)c1. The Morgan fingerprint density at radius 1 is 1.35 bits per heavy atom. The molecule has 1 aliphatic rings. The molecule has 102 valence electrons. The summed E-state index contributed by atoms with van der Waals surface area (Å²) >= 11 is 1.78. The summed E-state index contributed by atoms with van der Waals surface area (Å²) in [4.78, 5) is 10.7. The fourth-order valence-electron chi connectivity index (χ4n) is 2.86. The molecule has 3 aromatic rings. The maximum atomic E-state index is 4.82. The normalized spacial score (nSPS) is 18.9. The van der Waals surface area contributed by atoms with Crippen molar-refractivity contribution in [1.29, 1.82) is 0 Å². The largest absolute Gasteiger partial charge is 0.307 e. The summed E-state index contributed by atoms with van der Waals surface area (Å²) < 4.78 is 2.27. The zero-order chi connectivity index (χ0) is 13.4. The van der Waals surface area contributed by atoms with Gasteiger partial charge in [0.05, 0.1) is 12.6 Å². The molecule has 3 aromatic heterocycles. The quantitative estimate of drug-likeness (QED) is 0.804. The smallest absolute Gasteiger partial charge is 0.160 e. The molecule has 4 rings (SSSR count). The van der Waals surface area contributed by atoms with E-state index in [4.69, 9.17) is 4.98 Å². The number of hydrogen-bond donors (Lipinski definition) is 1. The van der Waals surface area contributed by atoms with Crippen LogP contribution in [0.5, 0.6) is 0 Å². The number of aromatic nitrogens is 3. The van der Waals surface area contributed by atoms with Crippen molar-refractivity contribution in [3.8, 4) is 0 Å². The van der Waals surface area contributed by atoms with E-state index in [2.05, 4.69) is 32.4 Å². The molecule has 0 radical (unpaired) electrons. The third-order valence-electron chi connectivity index (χ3n) is 3.80. The Morgan fingerprint density at radius 2 is 2.35 bits per heavy atom. The first-order chi connectivity index (χ1) is 9.92. The number of nitrogens with one attached hydrogen (secondary N) is 1. The first-order valence-corrected chi connectivity index (χ1v) is 7.87. The third-order valence-corrected chi connectivity index (χ3v) is 4.66. The van der Waals surface area contributed by atoms with Gasteiger partial charge in [-0.25, -0.2) is 9.97 Å². The van der Waals surface area contributed by atoms with Gasteiger partial charge in [0.15, 0.2) is 5.65 Å². The van der Waals surface area contributed by atoms with E-state index in [9.17, 15) is 0 Å². The first-order valence-electron chi connectivity index (χ1n) is 6.99. The molecule has 1 saturated heterocycles. The molecule has 20 heavy (non-hydrogen) atoms. The van der Waals surface area contributed by atoms with Gasteiger partial charge in [-0.2, -0.15) is 0 Å². The van der Waals surface area contributed by atoms with Crippen LogP contribution in [-0.4, -0.2) is 21.1 Å². The van der Waals surface area contributed by atoms with E-state index in [1.165, 1.54) is 11.3 Å². The van der Waals surface area contributed by atoms with Crippen molar-refractivity contribution in [3.05, 3.63) is 46.5 Å². The van der Waals surface area contributed by atoms with Gasteiger partial charge in [0.25, 0.3) is 0 Å². The number of fused-ring (bicyclic) bond motifs is 1. The minimum Gasteiger partial charge on any atom is -0.307 e. The summed E-state index contributed by atoms with van der Waals surface area (Å²) in [5.41, 5.74) is 1.98. The predicted octanol–water partition coefficient (Wildman–Crippen LogP) is 2.97. The lowest BCUT2D eigenvalue weighted by Gasteiger charge is -2.12. The molecular weight excluding hydrogens is 268 g/mol. The second kappa shape index (κ2) is 5.00. The number of hydrogen-bond acceptors (Lipinski definition) is 4. The van der Waals surface area contributed by atoms with Crippen LogP contribution in [0.1, 0.15) is 29.6 Å². The predicted molar refractivity (Wildman–Crippen MR) is 80.9 cm³/mol. The first kappa shape index (κ1) is 12.1. The van der Waals surface area contributed by atoms with Crippen molar-refractivity contribution in [1.82, 2.24) is 19.9 Å². The Balaban J connectivity index is 1.83. The summed E-state index contributed by atoms with van der Waals surface area (Å²) in [5, 5.41) is 5.67. The Kier molecular flexibility index (Phi) is 3.01. The summed E-state index contributed by atoms with van der Waals surface area (Å²) in [6.07, 6.45) is 4.23. The van der Waals surface area contributed by atoms with E-state index in [1.54, 1.807) is 11.3 Å². The highest BCUT2D eigenvalue weighted by Crippen LogP contribution is 2.27. The number of imidazole rings is 1. The zero-order valence-electron chi connectivity index (χ0n) is 11.1. The molecule has 1 aliphatic heterocycles. The molecule has 1 fully saturated rings. The van der Waals surface area contributed by atoms with E-state index >= 15 is 0 Å². The fraction of sp³-hybridized carbons (Fsp3) is 0.333. The van der Waals surface area contributed by atoms with Gasteiger partial charge in [0, 0.05) is 11.1 Å². The van der Waals surface area contributed by atoms with Crippen molar-refractivity contribution in [2.24, 2.45) is 0 Å². The molecule has 4 nitrogen and oxygen atoms in total. The highest BCUT2D eigenvalue weighted by Gasteiger charge is 2.23. The van der Waals surface area contributed by atoms with Crippen molar-refractivity contribution >= 4 is 22.5 Å². The molecular formula is C15H16N4S. The van der Waals surface area contributed by atoms with Crippen molar-refractivity contribution in [3.63, 3.8) is 0 Å². The highest BCUT2D eigenvalue weighted by atomic mass is 32.1. The van der Waals surface area contributed by atoms with E-state index in [0.717, 1.165) is 36.5 Å². The standard InChI is InChI=1S/C15H16N4S/c1-5-12(16-7-1)15-18-13-6-2-8-17-14(13)19(15)10-11-4-3-9-20-11/h2-4,6,8-9,12,16H,1,5,7,10H2. The number of nitrogens with zero attached hydrogens (tertiary/aromatic N) is 3. The average Bonchev–Trinajstić information content (AvgIpc) is 3.19. The summed E-state index contributed by atoms with van der Waals surface area (Å²) in [7, 11) is 0. The van der Waals surface area contributed by atoms with Crippen LogP contribution in [0.3, 0.4) is 0 Å². The summed E-state index contributed by atoms with van der Waals surface area (Å²) in [6.45, 7) is 1.94. The minimum atomic E-state index is 0.365. The van der Waals surface area contributed by atoms with Crippen LogP contribution in [-0.2, 0) is 6.54 Å². The Labute approximate surface area is 121 Å². The van der Waals surface area contributed by atoms with Crippen LogP contribution in [0.2, 0.25) is 0 Å². The Morgan fingerprint density at radius 3 is 3.15 bits per heavy atom. The second-order valence-corrected chi connectivity index (χ2v) is 6.16. The molecule has 0 saturated carbocycles. The van der Waals surface area contributed by atoms with E-state index in [1.807, 2.05) is 18.3 Å². The van der Waals surface area contributed by atoms with Crippen molar-refractivity contribution in [2.75, 3.05) is 6.54 Å². The van der Waals surface area contributed by atoms with Crippen LogP contribution < -0.4 is 5.32 Å². The van der Waals surface area contributed by atoms with Gasteiger partial charge < -0.3 is 9.88 Å². The van der Waals surface area contributed by atoms with Crippen molar-refractivity contribution in [2.45, 2.75) is 25.4 Å². The summed E-state index contributed by atoms with van der Waals surface area (Å²) in [5.74, 6) is 1.13. The zero-order valence-corrected chi connectivity index (χ0v) is 11.9. The lowest BCUT2D eigenvalue weighted by atomic mass is 10.2. The molecule has 4 heterocycles. The highest BCUT2D eigenvalue weighted by molar-refractivity contribution is 7.09. The van der Waals surface area contributed by atoms with Gasteiger partial charge in [-0.15, -0.1) is 11.3 Å². The molecule has 5 heteroatoms.